The highest BCUT2D eigenvalue weighted by Gasteiger charge is 2.46. The molecule has 0 bridgehead atoms. The van der Waals surface area contributed by atoms with Crippen LogP contribution >= 0.6 is 0 Å². The number of ether oxygens (including phenoxy) is 3. The van der Waals surface area contributed by atoms with Crippen LogP contribution in [0.1, 0.15) is 6.92 Å². The number of carboxylic acid groups (broad SMARTS) is 1. The van der Waals surface area contributed by atoms with Crippen LogP contribution in [0, 0.1) is 5.92 Å². The van der Waals surface area contributed by atoms with Gasteiger partial charge in [0.15, 0.2) is 6.29 Å². The number of aliphatic carboxylic acids is 1. The fourth-order valence-electron chi connectivity index (χ4n) is 2.70. The Morgan fingerprint density at radius 3 is 2.52 bits per heavy atom. The van der Waals surface area contributed by atoms with Crippen LogP contribution in [-0.4, -0.2) is 89.0 Å². The summed E-state index contributed by atoms with van der Waals surface area (Å²) in [5, 5.41) is 38.5. The molecule has 0 aliphatic carbocycles. The smallest absolute Gasteiger partial charge is 0.397 e. The van der Waals surface area contributed by atoms with Crippen molar-refractivity contribution in [2.24, 2.45) is 11.7 Å². The average molecular weight is 415 g/mol. The van der Waals surface area contributed by atoms with E-state index in [0.717, 1.165) is 6.08 Å². The van der Waals surface area contributed by atoms with E-state index in [-0.39, 0.29) is 0 Å². The van der Waals surface area contributed by atoms with Crippen molar-refractivity contribution in [2.45, 2.75) is 50.0 Å². The molecule has 2 heterocycles. The monoisotopic (exact) mass is 415 g/mol. The van der Waals surface area contributed by atoms with Crippen molar-refractivity contribution in [2.75, 3.05) is 6.61 Å². The molecular weight excluding hydrogens is 394 g/mol. The van der Waals surface area contributed by atoms with Gasteiger partial charge < -0.3 is 40.4 Å². The van der Waals surface area contributed by atoms with Gasteiger partial charge in [0.25, 0.3) is 0 Å². The van der Waals surface area contributed by atoms with Gasteiger partial charge in [0.05, 0.1) is 18.8 Å². The molecule has 0 aromatic heterocycles. The van der Waals surface area contributed by atoms with Gasteiger partial charge in [-0.1, -0.05) is 6.92 Å². The minimum Gasteiger partial charge on any atom is -0.475 e. The lowest BCUT2D eigenvalue weighted by molar-refractivity contribution is -0.293. The summed E-state index contributed by atoms with van der Waals surface area (Å²) in [6, 6.07) is -0.989. The van der Waals surface area contributed by atoms with Gasteiger partial charge in [0.2, 0.25) is 12.0 Å². The third-order valence-electron chi connectivity index (χ3n) is 4.21. The Bertz CT molecular complexity index is 681. The highest BCUT2D eigenvalue weighted by atomic mass is 32.3. The van der Waals surface area contributed by atoms with E-state index in [1.807, 2.05) is 0 Å². The number of hydrogen-bond donors (Lipinski definition) is 6. The van der Waals surface area contributed by atoms with E-state index < -0.39 is 77.7 Å². The summed E-state index contributed by atoms with van der Waals surface area (Å²) < 4.78 is 50.2. The van der Waals surface area contributed by atoms with Crippen LogP contribution in [0.15, 0.2) is 11.8 Å². The SMILES string of the molecule is C[C@@H]1C(N)C(O)OC(COS(=O)(=O)O)[C@H]1O[C@@H]1OC(C(=O)O)=C[C@H](O)C1O. The van der Waals surface area contributed by atoms with E-state index in [4.69, 9.17) is 29.6 Å². The van der Waals surface area contributed by atoms with Crippen LogP contribution in [0.25, 0.3) is 0 Å². The quantitative estimate of drug-likeness (QED) is 0.238. The van der Waals surface area contributed by atoms with Gasteiger partial charge in [0.1, 0.15) is 18.3 Å². The zero-order valence-corrected chi connectivity index (χ0v) is 14.8. The van der Waals surface area contributed by atoms with Gasteiger partial charge in [-0.05, 0) is 6.08 Å². The highest BCUT2D eigenvalue weighted by molar-refractivity contribution is 7.80. The molecule has 8 atom stereocenters. The van der Waals surface area contributed by atoms with Gasteiger partial charge in [0, 0.05) is 5.92 Å². The van der Waals surface area contributed by atoms with Crippen LogP contribution in [0.3, 0.4) is 0 Å². The molecule has 0 aromatic rings. The zero-order valence-electron chi connectivity index (χ0n) is 14.0. The van der Waals surface area contributed by atoms with E-state index in [9.17, 15) is 28.5 Å². The normalized spacial score (nSPS) is 40.1. The Kier molecular flexibility index (Phi) is 6.77. The second kappa shape index (κ2) is 8.34. The fraction of sp³-hybridized carbons (Fsp3) is 0.769. The summed E-state index contributed by atoms with van der Waals surface area (Å²) in [5.74, 6) is -2.89. The number of carboxylic acids is 1. The van der Waals surface area contributed by atoms with Crippen molar-refractivity contribution in [3.63, 3.8) is 0 Å². The minimum absolute atomic E-state index is 0.669. The molecule has 2 rings (SSSR count). The molecule has 2 aliphatic heterocycles. The fourth-order valence-corrected chi connectivity index (χ4v) is 3.00. The van der Waals surface area contributed by atoms with Crippen LogP contribution in [0.5, 0.6) is 0 Å². The summed E-state index contributed by atoms with van der Waals surface area (Å²) >= 11 is 0. The highest BCUT2D eigenvalue weighted by Crippen LogP contribution is 2.30. The first-order valence-electron chi connectivity index (χ1n) is 7.75. The van der Waals surface area contributed by atoms with E-state index in [1.165, 1.54) is 6.92 Å². The standard InChI is InChI=1S/C13H21NO12S/c1-4-8(14)12(19)24-7(3-23-27(20,21)22)10(4)26-13-9(16)5(15)2-6(25-13)11(17)18/h2,4-5,7-10,12-13,15-16,19H,3,14H2,1H3,(H,17,18)(H,20,21,22)/t4-,5+,7?,8?,9?,10+,12?,13+/m1/s1. The molecule has 0 aromatic carbocycles. The Labute approximate surface area is 153 Å². The number of nitrogens with two attached hydrogens (primary N) is 1. The minimum atomic E-state index is -4.82. The second-order valence-electron chi connectivity index (χ2n) is 6.12. The zero-order chi connectivity index (χ0) is 20.5. The molecular formula is C13H21NO12S. The van der Waals surface area contributed by atoms with Crippen molar-refractivity contribution in [3.05, 3.63) is 11.8 Å². The third-order valence-corrected chi connectivity index (χ3v) is 4.65. The van der Waals surface area contributed by atoms with Crippen molar-refractivity contribution < 1.29 is 56.6 Å². The van der Waals surface area contributed by atoms with E-state index in [0.29, 0.717) is 0 Å². The summed E-state index contributed by atoms with van der Waals surface area (Å²) in [6.07, 6.45) is -8.13. The molecule has 13 nitrogen and oxygen atoms in total. The maximum Gasteiger partial charge on any atom is 0.397 e. The topological polar surface area (TPSA) is 215 Å². The first kappa shape index (κ1) is 21.9. The molecule has 14 heteroatoms. The van der Waals surface area contributed by atoms with Crippen LogP contribution in [0.2, 0.25) is 0 Å². The summed E-state index contributed by atoms with van der Waals surface area (Å²) in [7, 11) is -4.82. The maximum atomic E-state index is 11.0. The van der Waals surface area contributed by atoms with Gasteiger partial charge in [-0.2, -0.15) is 8.42 Å². The summed E-state index contributed by atoms with van der Waals surface area (Å²) in [4.78, 5) is 11.0. The third kappa shape index (κ3) is 5.34. The number of rotatable bonds is 6. The first-order chi connectivity index (χ1) is 12.4. The lowest BCUT2D eigenvalue weighted by Crippen LogP contribution is -2.60. The molecule has 2 aliphatic rings. The van der Waals surface area contributed by atoms with E-state index in [2.05, 4.69) is 4.18 Å². The molecule has 0 spiro atoms. The average Bonchev–Trinajstić information content (AvgIpc) is 2.56. The van der Waals surface area contributed by atoms with Crippen molar-refractivity contribution in [1.82, 2.24) is 0 Å². The molecule has 0 amide bonds. The number of aliphatic hydroxyl groups is 3. The van der Waals surface area contributed by atoms with E-state index in [1.54, 1.807) is 0 Å². The number of hydrogen-bond acceptors (Lipinski definition) is 11. The van der Waals surface area contributed by atoms with Crippen LogP contribution in [-0.2, 0) is 33.6 Å². The molecule has 0 saturated carbocycles. The van der Waals surface area contributed by atoms with Gasteiger partial charge >= 0.3 is 16.4 Å². The molecule has 1 fully saturated rings. The lowest BCUT2D eigenvalue weighted by Gasteiger charge is -2.44. The molecule has 0 radical (unpaired) electrons. The molecule has 156 valence electrons. The Morgan fingerprint density at radius 2 is 1.96 bits per heavy atom. The van der Waals surface area contributed by atoms with E-state index >= 15 is 0 Å². The van der Waals surface area contributed by atoms with Crippen molar-refractivity contribution in [3.8, 4) is 0 Å². The molecule has 4 unspecified atom stereocenters. The predicted molar refractivity (Wildman–Crippen MR) is 83.0 cm³/mol. The Hall–Kier alpha value is -1.36. The lowest BCUT2D eigenvalue weighted by atomic mass is 9.89. The second-order valence-corrected chi connectivity index (χ2v) is 7.21. The van der Waals surface area contributed by atoms with Crippen LogP contribution in [0.4, 0.5) is 0 Å². The number of carbonyl (C=O) groups is 1. The van der Waals surface area contributed by atoms with Gasteiger partial charge in [-0.3, -0.25) is 4.55 Å². The molecule has 27 heavy (non-hydrogen) atoms. The Morgan fingerprint density at radius 1 is 1.33 bits per heavy atom. The maximum absolute atomic E-state index is 11.0. The molecule has 7 N–H and O–H groups in total. The van der Waals surface area contributed by atoms with Crippen molar-refractivity contribution >= 4 is 16.4 Å². The first-order valence-corrected chi connectivity index (χ1v) is 9.11. The predicted octanol–water partition coefficient (Wildman–Crippen LogP) is -3.08. The molecule has 1 saturated heterocycles. The largest absolute Gasteiger partial charge is 0.475 e. The van der Waals surface area contributed by atoms with Gasteiger partial charge in [-0.25, -0.2) is 8.98 Å². The number of aliphatic hydroxyl groups excluding tert-OH is 3. The van der Waals surface area contributed by atoms with Crippen molar-refractivity contribution in [1.29, 1.82) is 0 Å². The summed E-state index contributed by atoms with van der Waals surface area (Å²) in [5.41, 5.74) is 5.78. The Balaban J connectivity index is 2.20. The van der Waals surface area contributed by atoms with Gasteiger partial charge in [-0.15, -0.1) is 0 Å². The van der Waals surface area contributed by atoms with Crippen LogP contribution < -0.4 is 5.73 Å². The summed E-state index contributed by atoms with van der Waals surface area (Å²) in [6.45, 7) is 0.742.